The Kier molecular flexibility index (Phi) is 6.04. The number of rotatable bonds is 4. The molecule has 1 amide bonds. The summed E-state index contributed by atoms with van der Waals surface area (Å²) in [5.41, 5.74) is 1.24. The second kappa shape index (κ2) is 8.50. The molecule has 32 heavy (non-hydrogen) atoms. The molecule has 170 valence electrons. The van der Waals surface area contributed by atoms with Crippen LogP contribution in [0.3, 0.4) is 0 Å². The number of nitrogens with one attached hydrogen (secondary N) is 1. The Morgan fingerprint density at radius 3 is 2.50 bits per heavy atom. The van der Waals surface area contributed by atoms with Gasteiger partial charge in [0.05, 0.1) is 9.92 Å². The summed E-state index contributed by atoms with van der Waals surface area (Å²) in [5, 5.41) is 3.06. The molecule has 2 heterocycles. The first-order chi connectivity index (χ1) is 15.1. The van der Waals surface area contributed by atoms with Gasteiger partial charge in [-0.1, -0.05) is 25.4 Å². The second-order valence-electron chi connectivity index (χ2n) is 8.57. The van der Waals surface area contributed by atoms with E-state index in [1.165, 1.54) is 22.5 Å². The zero-order valence-electron chi connectivity index (χ0n) is 18.0. The van der Waals surface area contributed by atoms with E-state index < -0.39 is 21.7 Å². The number of fused-ring (bicyclic) bond motifs is 1. The van der Waals surface area contributed by atoms with Crippen LogP contribution in [0.1, 0.15) is 36.4 Å². The average molecular weight is 479 g/mol. The molecule has 1 aliphatic heterocycles. The lowest BCUT2D eigenvalue weighted by Crippen LogP contribution is -2.42. The fraction of sp³-hybridized carbons (Fsp3) is 0.348. The molecule has 1 saturated heterocycles. The Labute approximate surface area is 191 Å². The fourth-order valence-corrected chi connectivity index (χ4v) is 6.18. The van der Waals surface area contributed by atoms with Crippen molar-refractivity contribution in [2.24, 2.45) is 11.8 Å². The van der Waals surface area contributed by atoms with Gasteiger partial charge in [-0.3, -0.25) is 4.79 Å². The summed E-state index contributed by atoms with van der Waals surface area (Å²) < 4.78 is 47.1. The van der Waals surface area contributed by atoms with Crippen molar-refractivity contribution in [3.05, 3.63) is 58.6 Å². The third kappa shape index (κ3) is 4.27. The number of hydrogen-bond acceptors (Lipinski definition) is 4. The molecule has 0 unspecified atom stereocenters. The first-order valence-corrected chi connectivity index (χ1v) is 12.2. The Balaban J connectivity index is 1.65. The van der Waals surface area contributed by atoms with E-state index in [9.17, 15) is 17.6 Å². The summed E-state index contributed by atoms with van der Waals surface area (Å²) in [5.74, 6) is -0.484. The molecule has 1 aliphatic rings. The molecule has 2 atom stereocenters. The standard InChI is InChI=1S/C23H24ClFN2O4S/c1-13-8-14(2)12-27(11-13)32(29,30)17-5-7-21-18(10-17)15(3)22(31-21)23(28)26-16-4-6-20(25)19(24)9-16/h4-7,9-10,13-14H,8,11-12H2,1-3H3,(H,26,28)/t13-,14-/m1/s1. The van der Waals surface area contributed by atoms with Crippen molar-refractivity contribution in [3.63, 3.8) is 0 Å². The van der Waals surface area contributed by atoms with E-state index in [0.717, 1.165) is 12.5 Å². The highest BCUT2D eigenvalue weighted by molar-refractivity contribution is 7.89. The topological polar surface area (TPSA) is 79.6 Å². The van der Waals surface area contributed by atoms with Crippen LogP contribution in [-0.2, 0) is 10.0 Å². The van der Waals surface area contributed by atoms with Gasteiger partial charge >= 0.3 is 0 Å². The van der Waals surface area contributed by atoms with Gasteiger partial charge in [0, 0.05) is 29.7 Å². The van der Waals surface area contributed by atoms with Crippen molar-refractivity contribution in [1.29, 1.82) is 0 Å². The van der Waals surface area contributed by atoms with Gasteiger partial charge in [0.15, 0.2) is 5.76 Å². The van der Waals surface area contributed by atoms with Crippen LogP contribution in [0.4, 0.5) is 10.1 Å². The second-order valence-corrected chi connectivity index (χ2v) is 10.9. The summed E-state index contributed by atoms with van der Waals surface area (Å²) in [6.07, 6.45) is 1.00. The van der Waals surface area contributed by atoms with E-state index >= 15 is 0 Å². The lowest BCUT2D eigenvalue weighted by Gasteiger charge is -2.34. The quantitative estimate of drug-likeness (QED) is 0.540. The summed E-state index contributed by atoms with van der Waals surface area (Å²) >= 11 is 5.77. The zero-order chi connectivity index (χ0) is 23.2. The first-order valence-electron chi connectivity index (χ1n) is 10.4. The highest BCUT2D eigenvalue weighted by Gasteiger charge is 2.32. The molecule has 0 radical (unpaired) electrons. The lowest BCUT2D eigenvalue weighted by atomic mass is 9.94. The molecule has 6 nitrogen and oxygen atoms in total. The molecule has 0 spiro atoms. The van der Waals surface area contributed by atoms with Crippen LogP contribution in [-0.4, -0.2) is 31.7 Å². The van der Waals surface area contributed by atoms with Crippen LogP contribution < -0.4 is 5.32 Å². The first kappa shape index (κ1) is 22.8. The summed E-state index contributed by atoms with van der Waals surface area (Å²) in [6.45, 7) is 6.79. The number of benzene rings is 2. The van der Waals surface area contributed by atoms with Crippen LogP contribution in [0, 0.1) is 24.6 Å². The van der Waals surface area contributed by atoms with Crippen molar-refractivity contribution in [2.75, 3.05) is 18.4 Å². The summed E-state index contributed by atoms with van der Waals surface area (Å²) in [6, 6.07) is 8.48. The van der Waals surface area contributed by atoms with E-state index in [0.29, 0.717) is 47.1 Å². The van der Waals surface area contributed by atoms with Crippen molar-refractivity contribution in [2.45, 2.75) is 32.1 Å². The maximum atomic E-state index is 13.4. The Bertz CT molecular complexity index is 1290. The zero-order valence-corrected chi connectivity index (χ0v) is 19.6. The normalized spacial score (nSPS) is 19.9. The summed E-state index contributed by atoms with van der Waals surface area (Å²) in [7, 11) is -3.66. The number of carbonyl (C=O) groups excluding carboxylic acids is 1. The predicted octanol–water partition coefficient (Wildman–Crippen LogP) is 5.45. The van der Waals surface area contributed by atoms with E-state index in [1.54, 1.807) is 19.1 Å². The average Bonchev–Trinajstić information content (AvgIpc) is 3.06. The van der Waals surface area contributed by atoms with E-state index in [4.69, 9.17) is 16.0 Å². The van der Waals surface area contributed by atoms with Crippen molar-refractivity contribution < 1.29 is 22.0 Å². The van der Waals surface area contributed by atoms with Crippen LogP contribution in [0.2, 0.25) is 5.02 Å². The number of hydrogen-bond donors (Lipinski definition) is 1. The molecule has 0 bridgehead atoms. The van der Waals surface area contributed by atoms with Crippen molar-refractivity contribution in [3.8, 4) is 0 Å². The van der Waals surface area contributed by atoms with E-state index in [-0.39, 0.29) is 15.7 Å². The maximum absolute atomic E-state index is 13.4. The lowest BCUT2D eigenvalue weighted by molar-refractivity contribution is 0.0998. The SMILES string of the molecule is Cc1c(C(=O)Nc2ccc(F)c(Cl)c2)oc2ccc(S(=O)(=O)N3C[C@H](C)C[C@@H](C)C3)cc12. The highest BCUT2D eigenvalue weighted by Crippen LogP contribution is 2.32. The highest BCUT2D eigenvalue weighted by atomic mass is 35.5. The molecule has 9 heteroatoms. The van der Waals surface area contributed by atoms with Crippen LogP contribution >= 0.6 is 11.6 Å². The predicted molar refractivity (Wildman–Crippen MR) is 122 cm³/mol. The Morgan fingerprint density at radius 1 is 1.16 bits per heavy atom. The molecular weight excluding hydrogens is 455 g/mol. The Morgan fingerprint density at radius 2 is 1.84 bits per heavy atom. The van der Waals surface area contributed by atoms with Gasteiger partial charge < -0.3 is 9.73 Å². The van der Waals surface area contributed by atoms with Crippen LogP contribution in [0.15, 0.2) is 45.7 Å². The fourth-order valence-electron chi connectivity index (χ4n) is 4.29. The number of sulfonamides is 1. The number of furan rings is 1. The van der Waals surface area contributed by atoms with Gasteiger partial charge in [-0.25, -0.2) is 12.8 Å². The minimum atomic E-state index is -3.66. The molecule has 1 fully saturated rings. The number of nitrogens with zero attached hydrogens (tertiary/aromatic N) is 1. The van der Waals surface area contributed by atoms with E-state index in [1.807, 2.05) is 0 Å². The van der Waals surface area contributed by atoms with Crippen LogP contribution in [0.25, 0.3) is 11.0 Å². The molecule has 1 aromatic heterocycles. The molecular formula is C23H24ClFN2O4S. The van der Waals surface area contributed by atoms with Crippen LogP contribution in [0.5, 0.6) is 0 Å². The number of halogens is 2. The van der Waals surface area contributed by atoms with Gasteiger partial charge in [-0.2, -0.15) is 4.31 Å². The molecule has 1 N–H and O–H groups in total. The number of amides is 1. The molecule has 0 aliphatic carbocycles. The van der Waals surface area contributed by atoms with Gasteiger partial charge in [0.25, 0.3) is 5.91 Å². The number of carbonyl (C=O) groups is 1. The summed E-state index contributed by atoms with van der Waals surface area (Å²) in [4.78, 5) is 12.9. The number of anilines is 1. The molecule has 0 saturated carbocycles. The maximum Gasteiger partial charge on any atom is 0.291 e. The van der Waals surface area contributed by atoms with Crippen molar-refractivity contribution in [1.82, 2.24) is 4.31 Å². The van der Waals surface area contributed by atoms with Gasteiger partial charge in [0.1, 0.15) is 11.4 Å². The number of aryl methyl sites for hydroxylation is 1. The van der Waals surface area contributed by atoms with Gasteiger partial charge in [-0.15, -0.1) is 0 Å². The third-order valence-corrected chi connectivity index (χ3v) is 7.88. The minimum absolute atomic E-state index is 0.0511. The Hall–Kier alpha value is -2.42. The molecule has 2 aromatic carbocycles. The monoisotopic (exact) mass is 478 g/mol. The third-order valence-electron chi connectivity index (χ3n) is 5.76. The molecule has 4 rings (SSSR count). The largest absolute Gasteiger partial charge is 0.451 e. The van der Waals surface area contributed by atoms with Gasteiger partial charge in [-0.05, 0) is 61.6 Å². The van der Waals surface area contributed by atoms with Crippen molar-refractivity contribution >= 4 is 44.2 Å². The van der Waals surface area contributed by atoms with Gasteiger partial charge in [0.2, 0.25) is 10.0 Å². The number of piperidine rings is 1. The molecule has 3 aromatic rings. The minimum Gasteiger partial charge on any atom is -0.451 e. The smallest absolute Gasteiger partial charge is 0.291 e. The van der Waals surface area contributed by atoms with E-state index in [2.05, 4.69) is 19.2 Å².